The van der Waals surface area contributed by atoms with Crippen LogP contribution in [-0.2, 0) is 20.7 Å². The molecule has 2 fully saturated rings. The van der Waals surface area contributed by atoms with Gasteiger partial charge < -0.3 is 34.6 Å². The highest BCUT2D eigenvalue weighted by Gasteiger charge is 2.39. The number of carbonyl (C=O) groups excluding carboxylic acids is 3. The van der Waals surface area contributed by atoms with Crippen LogP contribution in [0.5, 0.6) is 5.75 Å². The molecule has 11 nitrogen and oxygen atoms in total. The standard InChI is InChI=1S/C42H52N6O5/c1-25(2)23-35(49)47-20-7-11-34(47)40-43-24-32(44-40)29-16-12-27(13-17-29)28-14-18-30(19-15-28)37-39-31(9-8-22-53-39)38(45-37)33-10-6-21-48(33)41(50)36(26(3)4)46-42(51)52-5/h12-19,24-26,33-34,36,45H,6-11,20-23H2,1-5H3,(H,43,44)(H,46,51)/t33-,34+,36+/m1/s1. The van der Waals surface area contributed by atoms with Crippen molar-refractivity contribution in [1.82, 2.24) is 30.1 Å². The van der Waals surface area contributed by atoms with Crippen LogP contribution >= 0.6 is 0 Å². The third-order valence-corrected chi connectivity index (χ3v) is 10.9. The predicted octanol–water partition coefficient (Wildman–Crippen LogP) is 7.82. The van der Waals surface area contributed by atoms with Crippen LogP contribution in [0.1, 0.15) is 95.4 Å². The summed E-state index contributed by atoms with van der Waals surface area (Å²) in [4.78, 5) is 54.6. The summed E-state index contributed by atoms with van der Waals surface area (Å²) in [5.74, 6) is 2.09. The summed E-state index contributed by atoms with van der Waals surface area (Å²) in [7, 11) is 1.31. The number of methoxy groups -OCH3 is 1. The molecule has 0 saturated carbocycles. The summed E-state index contributed by atoms with van der Waals surface area (Å²) in [5.41, 5.74) is 8.33. The molecule has 2 aromatic carbocycles. The number of aromatic amines is 2. The molecule has 2 aromatic heterocycles. The Bertz CT molecular complexity index is 1930. The highest BCUT2D eigenvalue weighted by Crippen LogP contribution is 2.45. The zero-order valence-electron chi connectivity index (χ0n) is 31.5. The first-order valence-corrected chi connectivity index (χ1v) is 19.2. The lowest BCUT2D eigenvalue weighted by molar-refractivity contribution is -0.135. The number of nitrogens with zero attached hydrogens (tertiary/aromatic N) is 3. The van der Waals surface area contributed by atoms with Crippen LogP contribution in [0.3, 0.4) is 0 Å². The average molecular weight is 721 g/mol. The Balaban J connectivity index is 1.08. The monoisotopic (exact) mass is 720 g/mol. The molecule has 3 N–H and O–H groups in total. The van der Waals surface area contributed by atoms with E-state index in [2.05, 4.69) is 77.7 Å². The summed E-state index contributed by atoms with van der Waals surface area (Å²) in [6, 6.07) is 16.2. The van der Waals surface area contributed by atoms with E-state index < -0.39 is 12.1 Å². The van der Waals surface area contributed by atoms with Crippen molar-refractivity contribution in [2.75, 3.05) is 26.8 Å². The molecule has 3 aliphatic heterocycles. The normalized spacial score (nSPS) is 19.0. The van der Waals surface area contributed by atoms with Crippen molar-refractivity contribution in [3.8, 4) is 39.4 Å². The van der Waals surface area contributed by atoms with Crippen molar-refractivity contribution in [2.24, 2.45) is 11.8 Å². The number of amides is 3. The first-order chi connectivity index (χ1) is 25.6. The van der Waals surface area contributed by atoms with Gasteiger partial charge in [0.15, 0.2) is 0 Å². The third-order valence-electron chi connectivity index (χ3n) is 10.9. The number of benzene rings is 2. The molecule has 5 heterocycles. The molecular weight excluding hydrogens is 668 g/mol. The summed E-state index contributed by atoms with van der Waals surface area (Å²) in [6.45, 7) is 10.1. The fourth-order valence-electron chi connectivity index (χ4n) is 8.21. The van der Waals surface area contributed by atoms with E-state index in [0.29, 0.717) is 25.5 Å². The lowest BCUT2D eigenvalue weighted by atomic mass is 9.98. The van der Waals surface area contributed by atoms with Crippen molar-refractivity contribution in [3.05, 3.63) is 71.8 Å². The van der Waals surface area contributed by atoms with Crippen LogP contribution in [0.2, 0.25) is 0 Å². The first-order valence-electron chi connectivity index (χ1n) is 19.2. The number of H-pyrrole nitrogens is 2. The van der Waals surface area contributed by atoms with Gasteiger partial charge >= 0.3 is 6.09 Å². The topological polar surface area (TPSA) is 133 Å². The van der Waals surface area contributed by atoms with Gasteiger partial charge in [0.05, 0.1) is 43.4 Å². The largest absolute Gasteiger partial charge is 0.491 e. The molecule has 3 amide bonds. The fourth-order valence-corrected chi connectivity index (χ4v) is 8.21. The van der Waals surface area contributed by atoms with Gasteiger partial charge in [0, 0.05) is 36.3 Å². The van der Waals surface area contributed by atoms with Gasteiger partial charge in [0.25, 0.3) is 0 Å². The third kappa shape index (κ3) is 7.43. The van der Waals surface area contributed by atoms with E-state index >= 15 is 0 Å². The van der Waals surface area contributed by atoms with Crippen LogP contribution in [-0.4, -0.2) is 75.5 Å². The molecule has 0 radical (unpaired) electrons. The van der Waals surface area contributed by atoms with E-state index in [-0.39, 0.29) is 29.8 Å². The quantitative estimate of drug-likeness (QED) is 0.153. The Morgan fingerprint density at radius 1 is 0.868 bits per heavy atom. The van der Waals surface area contributed by atoms with Crippen molar-refractivity contribution in [3.63, 3.8) is 0 Å². The van der Waals surface area contributed by atoms with Crippen molar-refractivity contribution in [1.29, 1.82) is 0 Å². The molecule has 3 atom stereocenters. The van der Waals surface area contributed by atoms with Crippen LogP contribution < -0.4 is 10.1 Å². The Morgan fingerprint density at radius 3 is 2.17 bits per heavy atom. The number of rotatable bonds is 10. The molecule has 3 aliphatic rings. The van der Waals surface area contributed by atoms with Gasteiger partial charge in [-0.15, -0.1) is 0 Å². The molecule has 0 bridgehead atoms. The molecule has 0 unspecified atom stereocenters. The van der Waals surface area contributed by atoms with Gasteiger partial charge in [-0.25, -0.2) is 9.78 Å². The number of aromatic nitrogens is 3. The minimum absolute atomic E-state index is 0.00621. The molecule has 280 valence electrons. The van der Waals surface area contributed by atoms with Gasteiger partial charge in [-0.1, -0.05) is 76.2 Å². The van der Waals surface area contributed by atoms with E-state index in [1.54, 1.807) is 0 Å². The number of alkyl carbamates (subject to hydrolysis) is 1. The number of hydrogen-bond acceptors (Lipinski definition) is 6. The number of fused-ring (bicyclic) bond motifs is 1. The van der Waals surface area contributed by atoms with E-state index in [1.807, 2.05) is 29.8 Å². The highest BCUT2D eigenvalue weighted by molar-refractivity contribution is 5.87. The SMILES string of the molecule is COC(=O)N[C@H](C(=O)N1CCC[C@@H]1c1[nH]c(-c2ccc(-c3ccc(-c4cnc([C@@H]5CCCN5C(=O)CC(C)C)[nH]4)cc3)cc2)c2c1CCCO2)C(C)C. The van der Waals surface area contributed by atoms with Crippen LogP contribution in [0.25, 0.3) is 33.6 Å². The Hall–Kier alpha value is -5.06. The van der Waals surface area contributed by atoms with Crippen LogP contribution in [0.4, 0.5) is 4.79 Å². The van der Waals surface area contributed by atoms with Gasteiger partial charge in [-0.2, -0.15) is 0 Å². The van der Waals surface area contributed by atoms with E-state index in [0.717, 1.165) is 102 Å². The molecule has 11 heteroatoms. The van der Waals surface area contributed by atoms with E-state index in [1.165, 1.54) is 7.11 Å². The maximum atomic E-state index is 13.9. The minimum Gasteiger partial charge on any atom is -0.491 e. The fraction of sp³-hybridized carbons (Fsp3) is 0.476. The average Bonchev–Trinajstić information content (AvgIpc) is 3.99. The van der Waals surface area contributed by atoms with Crippen molar-refractivity contribution < 1.29 is 23.9 Å². The van der Waals surface area contributed by atoms with Gasteiger partial charge in [0.1, 0.15) is 17.6 Å². The molecule has 2 saturated heterocycles. The molecule has 7 rings (SSSR count). The number of imidazole rings is 1. The van der Waals surface area contributed by atoms with E-state index in [4.69, 9.17) is 14.5 Å². The Kier molecular flexibility index (Phi) is 10.6. The summed E-state index contributed by atoms with van der Waals surface area (Å²) in [6.07, 6.45) is 7.28. The van der Waals surface area contributed by atoms with Gasteiger partial charge in [-0.05, 0) is 67.1 Å². The highest BCUT2D eigenvalue weighted by atomic mass is 16.5. The zero-order chi connectivity index (χ0) is 37.2. The number of hydrogen-bond donors (Lipinski definition) is 3. The first kappa shape index (κ1) is 36.3. The molecular formula is C42H52N6O5. The predicted molar refractivity (Wildman–Crippen MR) is 204 cm³/mol. The van der Waals surface area contributed by atoms with Crippen LogP contribution in [0, 0.1) is 11.8 Å². The maximum Gasteiger partial charge on any atom is 0.407 e. The zero-order valence-corrected chi connectivity index (χ0v) is 31.5. The summed E-state index contributed by atoms with van der Waals surface area (Å²) < 4.78 is 11.1. The van der Waals surface area contributed by atoms with Gasteiger partial charge in [-0.3, -0.25) is 9.59 Å². The summed E-state index contributed by atoms with van der Waals surface area (Å²) >= 11 is 0. The second-order valence-electron chi connectivity index (χ2n) is 15.4. The van der Waals surface area contributed by atoms with Crippen molar-refractivity contribution >= 4 is 17.9 Å². The van der Waals surface area contributed by atoms with Gasteiger partial charge in [0.2, 0.25) is 11.8 Å². The second kappa shape index (κ2) is 15.5. The Labute approximate surface area is 311 Å². The number of carbonyl (C=O) groups is 3. The second-order valence-corrected chi connectivity index (χ2v) is 15.4. The van der Waals surface area contributed by atoms with Crippen LogP contribution in [0.15, 0.2) is 54.7 Å². The van der Waals surface area contributed by atoms with Crippen molar-refractivity contribution in [2.45, 2.75) is 90.8 Å². The lowest BCUT2D eigenvalue weighted by Crippen LogP contribution is -2.51. The minimum atomic E-state index is -0.669. The number of ether oxygens (including phenoxy) is 2. The molecule has 53 heavy (non-hydrogen) atoms. The number of likely N-dealkylation sites (tertiary alicyclic amines) is 2. The maximum absolute atomic E-state index is 13.9. The smallest absolute Gasteiger partial charge is 0.407 e. The molecule has 4 aromatic rings. The van der Waals surface area contributed by atoms with E-state index in [9.17, 15) is 14.4 Å². The lowest BCUT2D eigenvalue weighted by Gasteiger charge is -2.31. The molecule has 0 spiro atoms. The molecule has 0 aliphatic carbocycles. The summed E-state index contributed by atoms with van der Waals surface area (Å²) in [5, 5.41) is 2.76. The Morgan fingerprint density at radius 2 is 1.51 bits per heavy atom. The number of nitrogens with one attached hydrogen (secondary N) is 3.